The van der Waals surface area contributed by atoms with Crippen molar-refractivity contribution in [1.29, 1.82) is 0 Å². The van der Waals surface area contributed by atoms with E-state index in [1.165, 1.54) is 18.4 Å². The van der Waals surface area contributed by atoms with Crippen LogP contribution in [0.3, 0.4) is 0 Å². The van der Waals surface area contributed by atoms with Crippen molar-refractivity contribution in [2.75, 3.05) is 20.3 Å². The van der Waals surface area contributed by atoms with E-state index in [0.29, 0.717) is 12.1 Å². The van der Waals surface area contributed by atoms with E-state index in [-0.39, 0.29) is 0 Å². The van der Waals surface area contributed by atoms with Crippen LogP contribution in [0, 0.1) is 0 Å². The molecule has 2 atom stereocenters. The second-order valence-corrected chi connectivity index (χ2v) is 6.13. The molecule has 0 saturated carbocycles. The molecular weight excluding hydrogens is 318 g/mol. The van der Waals surface area contributed by atoms with Gasteiger partial charge in [-0.15, -0.1) is 0 Å². The highest BCUT2D eigenvalue weighted by Gasteiger charge is 2.22. The van der Waals surface area contributed by atoms with Crippen LogP contribution in [0.1, 0.15) is 44.2 Å². The first kappa shape index (κ1) is 15.8. The molecule has 1 aromatic rings. The lowest BCUT2D eigenvalue weighted by Crippen LogP contribution is -2.26. The van der Waals surface area contributed by atoms with Crippen molar-refractivity contribution < 1.29 is 9.47 Å². The molecule has 1 fully saturated rings. The molecule has 1 aliphatic rings. The molecule has 1 aromatic carbocycles. The minimum atomic E-state index is 0.347. The Hall–Kier alpha value is -0.580. The van der Waals surface area contributed by atoms with E-state index in [1.807, 2.05) is 6.07 Å². The number of benzene rings is 1. The van der Waals surface area contributed by atoms with Crippen molar-refractivity contribution >= 4 is 15.9 Å². The Balaban J connectivity index is 2.09. The summed E-state index contributed by atoms with van der Waals surface area (Å²) in [6.45, 7) is 4.14. The summed E-state index contributed by atoms with van der Waals surface area (Å²) in [5, 5.41) is 3.64. The van der Waals surface area contributed by atoms with E-state index in [0.717, 1.165) is 36.2 Å². The first-order valence-corrected chi connectivity index (χ1v) is 8.22. The van der Waals surface area contributed by atoms with E-state index >= 15 is 0 Å². The van der Waals surface area contributed by atoms with E-state index in [1.54, 1.807) is 7.11 Å². The topological polar surface area (TPSA) is 30.5 Å². The zero-order chi connectivity index (χ0) is 14.4. The van der Waals surface area contributed by atoms with Crippen LogP contribution in [0.2, 0.25) is 0 Å². The quantitative estimate of drug-likeness (QED) is 0.810. The third kappa shape index (κ3) is 4.21. The molecule has 0 aromatic heterocycles. The molecule has 0 spiro atoms. The summed E-state index contributed by atoms with van der Waals surface area (Å²) in [4.78, 5) is 0. The Labute approximate surface area is 130 Å². The van der Waals surface area contributed by atoms with Crippen LogP contribution in [0.25, 0.3) is 0 Å². The van der Waals surface area contributed by atoms with Gasteiger partial charge in [-0.25, -0.2) is 0 Å². The fourth-order valence-electron chi connectivity index (χ4n) is 2.65. The number of nitrogens with one attached hydrogen (secondary N) is 1. The molecule has 112 valence electrons. The molecule has 2 unspecified atom stereocenters. The molecule has 1 N–H and O–H groups in total. The van der Waals surface area contributed by atoms with Crippen LogP contribution in [0.5, 0.6) is 5.75 Å². The van der Waals surface area contributed by atoms with Gasteiger partial charge in [-0.3, -0.25) is 0 Å². The molecule has 2 rings (SSSR count). The summed E-state index contributed by atoms with van der Waals surface area (Å²) in [6.07, 6.45) is 4.95. The average molecular weight is 342 g/mol. The highest BCUT2D eigenvalue weighted by Crippen LogP contribution is 2.31. The maximum Gasteiger partial charge on any atom is 0.133 e. The summed E-state index contributed by atoms with van der Waals surface area (Å²) in [6, 6.07) is 6.67. The molecule has 0 aliphatic carbocycles. The Morgan fingerprint density at radius 2 is 2.35 bits per heavy atom. The summed E-state index contributed by atoms with van der Waals surface area (Å²) in [5.41, 5.74) is 1.29. The maximum atomic E-state index is 5.78. The number of ether oxygens (including phenoxy) is 2. The smallest absolute Gasteiger partial charge is 0.133 e. The fourth-order valence-corrected chi connectivity index (χ4v) is 3.21. The molecule has 0 radical (unpaired) electrons. The van der Waals surface area contributed by atoms with E-state index in [4.69, 9.17) is 9.47 Å². The predicted molar refractivity (Wildman–Crippen MR) is 85.3 cm³/mol. The third-order valence-corrected chi connectivity index (χ3v) is 4.36. The molecule has 0 amide bonds. The average Bonchev–Trinajstić information content (AvgIpc) is 2.96. The van der Waals surface area contributed by atoms with Gasteiger partial charge in [0.1, 0.15) is 5.75 Å². The maximum absolute atomic E-state index is 5.78. The number of hydrogen-bond acceptors (Lipinski definition) is 3. The minimum absolute atomic E-state index is 0.347. The van der Waals surface area contributed by atoms with Crippen LogP contribution < -0.4 is 10.1 Å². The van der Waals surface area contributed by atoms with Gasteiger partial charge in [0, 0.05) is 12.6 Å². The zero-order valence-corrected chi connectivity index (χ0v) is 13.9. The van der Waals surface area contributed by atoms with Gasteiger partial charge in [-0.05, 0) is 65.9 Å². The fraction of sp³-hybridized carbons (Fsp3) is 0.625. The molecule has 4 heteroatoms. The van der Waals surface area contributed by atoms with Crippen LogP contribution in [-0.2, 0) is 4.74 Å². The van der Waals surface area contributed by atoms with Crippen molar-refractivity contribution in [2.24, 2.45) is 0 Å². The molecule has 0 bridgehead atoms. The van der Waals surface area contributed by atoms with Crippen molar-refractivity contribution in [1.82, 2.24) is 5.32 Å². The van der Waals surface area contributed by atoms with Gasteiger partial charge in [-0.1, -0.05) is 13.0 Å². The molecule has 1 saturated heterocycles. The second kappa shape index (κ2) is 8.01. The molecule has 3 nitrogen and oxygen atoms in total. The van der Waals surface area contributed by atoms with Crippen molar-refractivity contribution in [2.45, 2.75) is 44.8 Å². The van der Waals surface area contributed by atoms with Gasteiger partial charge in [0.25, 0.3) is 0 Å². The van der Waals surface area contributed by atoms with E-state index in [9.17, 15) is 0 Å². The SMILES string of the molecule is CCCNC(CC1CCCO1)c1ccc(OC)c(Br)c1. The van der Waals surface area contributed by atoms with Crippen molar-refractivity contribution in [3.8, 4) is 5.75 Å². The number of hydrogen-bond donors (Lipinski definition) is 1. The number of rotatable bonds is 7. The summed E-state index contributed by atoms with van der Waals surface area (Å²) in [7, 11) is 1.69. The van der Waals surface area contributed by atoms with Crippen molar-refractivity contribution in [3.63, 3.8) is 0 Å². The summed E-state index contributed by atoms with van der Waals surface area (Å²) < 4.78 is 12.1. The first-order valence-electron chi connectivity index (χ1n) is 7.43. The summed E-state index contributed by atoms with van der Waals surface area (Å²) in [5.74, 6) is 0.875. The van der Waals surface area contributed by atoms with Crippen LogP contribution in [0.4, 0.5) is 0 Å². The van der Waals surface area contributed by atoms with Gasteiger partial charge < -0.3 is 14.8 Å². The molecular formula is C16H24BrNO2. The van der Waals surface area contributed by atoms with Gasteiger partial charge in [0.05, 0.1) is 17.7 Å². The normalized spacial score (nSPS) is 20.1. The lowest BCUT2D eigenvalue weighted by molar-refractivity contribution is 0.0945. The number of methoxy groups -OCH3 is 1. The van der Waals surface area contributed by atoms with Gasteiger partial charge in [0.2, 0.25) is 0 Å². The largest absolute Gasteiger partial charge is 0.496 e. The molecule has 20 heavy (non-hydrogen) atoms. The van der Waals surface area contributed by atoms with Crippen LogP contribution >= 0.6 is 15.9 Å². The first-order chi connectivity index (χ1) is 9.74. The van der Waals surface area contributed by atoms with Crippen LogP contribution in [0.15, 0.2) is 22.7 Å². The lowest BCUT2D eigenvalue weighted by Gasteiger charge is -2.22. The number of halogens is 1. The highest BCUT2D eigenvalue weighted by molar-refractivity contribution is 9.10. The Morgan fingerprint density at radius 1 is 1.50 bits per heavy atom. The van der Waals surface area contributed by atoms with E-state index in [2.05, 4.69) is 40.3 Å². The standard InChI is InChI=1S/C16H24BrNO2/c1-3-8-18-15(11-13-5-4-9-20-13)12-6-7-16(19-2)14(17)10-12/h6-7,10,13,15,18H,3-5,8-9,11H2,1-2H3. The molecule has 1 aliphatic heterocycles. The predicted octanol–water partition coefficient (Wildman–Crippen LogP) is 4.07. The monoisotopic (exact) mass is 341 g/mol. The minimum Gasteiger partial charge on any atom is -0.496 e. The lowest BCUT2D eigenvalue weighted by atomic mass is 9.99. The van der Waals surface area contributed by atoms with Gasteiger partial charge >= 0.3 is 0 Å². The molecule has 1 heterocycles. The third-order valence-electron chi connectivity index (χ3n) is 3.74. The zero-order valence-electron chi connectivity index (χ0n) is 12.3. The van der Waals surface area contributed by atoms with E-state index < -0.39 is 0 Å². The summed E-state index contributed by atoms with van der Waals surface area (Å²) >= 11 is 3.57. The van der Waals surface area contributed by atoms with Crippen LogP contribution in [-0.4, -0.2) is 26.4 Å². The van der Waals surface area contributed by atoms with Gasteiger partial charge in [0.15, 0.2) is 0 Å². The Bertz CT molecular complexity index is 419. The Morgan fingerprint density at radius 3 is 2.95 bits per heavy atom. The second-order valence-electron chi connectivity index (χ2n) is 5.27. The van der Waals surface area contributed by atoms with Gasteiger partial charge in [-0.2, -0.15) is 0 Å². The van der Waals surface area contributed by atoms with Crippen molar-refractivity contribution in [3.05, 3.63) is 28.2 Å². The highest BCUT2D eigenvalue weighted by atomic mass is 79.9. The Kier molecular flexibility index (Phi) is 6.33.